The Morgan fingerprint density at radius 2 is 1.87 bits per heavy atom. The second-order valence-electron chi connectivity index (χ2n) is 5.38. The number of nitrogens with one attached hydrogen (secondary N) is 1. The number of hydrogen-bond acceptors (Lipinski definition) is 4. The molecule has 0 fully saturated rings. The van der Waals surface area contributed by atoms with Crippen molar-refractivity contribution >= 4 is 17.8 Å². The number of carbonyl (C=O) groups is 1. The summed E-state index contributed by atoms with van der Waals surface area (Å²) in [6.07, 6.45) is 5.00. The van der Waals surface area contributed by atoms with Crippen LogP contribution in [0.15, 0.2) is 47.6 Å². The lowest BCUT2D eigenvalue weighted by Crippen LogP contribution is -2.17. The van der Waals surface area contributed by atoms with E-state index < -0.39 is 10.8 Å². The van der Waals surface area contributed by atoms with Gasteiger partial charge in [0.25, 0.3) is 11.6 Å². The Balaban J connectivity index is 1.63. The Morgan fingerprint density at radius 3 is 2.61 bits per heavy atom. The molecule has 2 aromatic rings. The van der Waals surface area contributed by atoms with Gasteiger partial charge in [-0.05, 0) is 54.2 Å². The fourth-order valence-corrected chi connectivity index (χ4v) is 2.64. The van der Waals surface area contributed by atoms with Gasteiger partial charge in [0, 0.05) is 17.7 Å². The van der Waals surface area contributed by atoms with Crippen molar-refractivity contribution in [2.75, 3.05) is 0 Å². The molecule has 0 unspecified atom stereocenters. The quantitative estimate of drug-likeness (QED) is 0.535. The van der Waals surface area contributed by atoms with E-state index in [9.17, 15) is 14.9 Å². The van der Waals surface area contributed by atoms with Crippen LogP contribution >= 0.6 is 0 Å². The number of benzene rings is 2. The standard InChI is InChI=1S/C17H15N3O3/c21-17(14-6-8-16(9-7-14)20(22)23)19-18-11-12-4-5-13-2-1-3-15(13)10-12/h4-11H,1-3H2,(H,19,21)/b18-11-. The van der Waals surface area contributed by atoms with Crippen molar-refractivity contribution in [3.63, 3.8) is 0 Å². The summed E-state index contributed by atoms with van der Waals surface area (Å²) in [7, 11) is 0. The molecule has 0 aliphatic heterocycles. The maximum atomic E-state index is 11.9. The molecule has 0 aromatic heterocycles. The van der Waals surface area contributed by atoms with Crippen LogP contribution in [0.5, 0.6) is 0 Å². The molecule has 0 radical (unpaired) electrons. The largest absolute Gasteiger partial charge is 0.271 e. The van der Waals surface area contributed by atoms with Crippen LogP contribution in [0.2, 0.25) is 0 Å². The highest BCUT2D eigenvalue weighted by Gasteiger charge is 2.10. The molecule has 0 saturated heterocycles. The SMILES string of the molecule is O=C(N/N=C\c1ccc2c(c1)CCC2)c1ccc([N+](=O)[O-])cc1. The summed E-state index contributed by atoms with van der Waals surface area (Å²) in [5, 5.41) is 14.5. The fraction of sp³-hybridized carbons (Fsp3) is 0.176. The molecular weight excluding hydrogens is 294 g/mol. The monoisotopic (exact) mass is 309 g/mol. The van der Waals surface area contributed by atoms with E-state index in [1.54, 1.807) is 6.21 Å². The number of nitro benzene ring substituents is 1. The third-order valence-corrected chi connectivity index (χ3v) is 3.84. The van der Waals surface area contributed by atoms with Gasteiger partial charge < -0.3 is 0 Å². The number of aryl methyl sites for hydroxylation is 2. The Morgan fingerprint density at radius 1 is 1.13 bits per heavy atom. The number of carbonyl (C=O) groups excluding carboxylic acids is 1. The summed E-state index contributed by atoms with van der Waals surface area (Å²) in [6, 6.07) is 11.5. The molecule has 1 N–H and O–H groups in total. The van der Waals surface area contributed by atoms with Crippen molar-refractivity contribution in [3.8, 4) is 0 Å². The average Bonchev–Trinajstić information content (AvgIpc) is 3.02. The van der Waals surface area contributed by atoms with E-state index in [1.807, 2.05) is 6.07 Å². The molecule has 3 rings (SSSR count). The molecule has 23 heavy (non-hydrogen) atoms. The van der Waals surface area contributed by atoms with Crippen LogP contribution in [0.1, 0.15) is 33.5 Å². The summed E-state index contributed by atoms with van der Waals surface area (Å²) in [4.78, 5) is 22.0. The molecule has 1 amide bonds. The number of nitro groups is 1. The molecule has 0 atom stereocenters. The minimum atomic E-state index is -0.506. The van der Waals surface area contributed by atoms with Gasteiger partial charge in [-0.3, -0.25) is 14.9 Å². The van der Waals surface area contributed by atoms with E-state index in [-0.39, 0.29) is 5.69 Å². The third kappa shape index (κ3) is 3.42. The van der Waals surface area contributed by atoms with E-state index in [0.717, 1.165) is 18.4 Å². The van der Waals surface area contributed by atoms with E-state index in [2.05, 4.69) is 22.7 Å². The van der Waals surface area contributed by atoms with Crippen molar-refractivity contribution < 1.29 is 9.72 Å². The second kappa shape index (κ2) is 6.39. The molecule has 1 aliphatic carbocycles. The number of nitrogens with zero attached hydrogens (tertiary/aromatic N) is 2. The van der Waals surface area contributed by atoms with Gasteiger partial charge in [-0.1, -0.05) is 12.1 Å². The number of hydrazone groups is 1. The lowest BCUT2D eigenvalue weighted by Gasteiger charge is -2.01. The van der Waals surface area contributed by atoms with Gasteiger partial charge in [-0.25, -0.2) is 5.43 Å². The predicted molar refractivity (Wildman–Crippen MR) is 86.6 cm³/mol. The zero-order valence-corrected chi connectivity index (χ0v) is 12.4. The van der Waals surface area contributed by atoms with Gasteiger partial charge in [-0.15, -0.1) is 0 Å². The normalized spacial score (nSPS) is 13.0. The van der Waals surface area contributed by atoms with Crippen LogP contribution in [0.25, 0.3) is 0 Å². The Labute approximate surface area is 133 Å². The Kier molecular flexibility index (Phi) is 4.14. The number of hydrogen-bond donors (Lipinski definition) is 1. The number of fused-ring (bicyclic) bond motifs is 1. The van der Waals surface area contributed by atoms with E-state index in [1.165, 1.54) is 41.8 Å². The molecule has 0 spiro atoms. The second-order valence-corrected chi connectivity index (χ2v) is 5.38. The summed E-state index contributed by atoms with van der Waals surface area (Å²) < 4.78 is 0. The van der Waals surface area contributed by atoms with Gasteiger partial charge >= 0.3 is 0 Å². The van der Waals surface area contributed by atoms with Crippen LogP contribution in [-0.2, 0) is 12.8 Å². The highest BCUT2D eigenvalue weighted by molar-refractivity contribution is 5.95. The highest BCUT2D eigenvalue weighted by Crippen LogP contribution is 2.22. The van der Waals surface area contributed by atoms with Gasteiger partial charge in [0.2, 0.25) is 0 Å². The van der Waals surface area contributed by atoms with Crippen molar-refractivity contribution in [2.45, 2.75) is 19.3 Å². The lowest BCUT2D eigenvalue weighted by atomic mass is 10.1. The van der Waals surface area contributed by atoms with E-state index in [0.29, 0.717) is 5.56 Å². The van der Waals surface area contributed by atoms with Crippen LogP contribution < -0.4 is 5.43 Å². The van der Waals surface area contributed by atoms with Crippen molar-refractivity contribution in [1.82, 2.24) is 5.43 Å². The minimum Gasteiger partial charge on any atom is -0.267 e. The van der Waals surface area contributed by atoms with Gasteiger partial charge in [0.1, 0.15) is 0 Å². The summed E-state index contributed by atoms with van der Waals surface area (Å²) in [5.74, 6) is -0.405. The fourth-order valence-electron chi connectivity index (χ4n) is 2.64. The first-order chi connectivity index (χ1) is 11.1. The van der Waals surface area contributed by atoms with Crippen LogP contribution in [0.4, 0.5) is 5.69 Å². The van der Waals surface area contributed by atoms with Gasteiger partial charge in [0.15, 0.2) is 0 Å². The summed E-state index contributed by atoms with van der Waals surface area (Å²) in [6.45, 7) is 0. The first-order valence-corrected chi connectivity index (χ1v) is 7.33. The van der Waals surface area contributed by atoms with Gasteiger partial charge in [-0.2, -0.15) is 5.10 Å². The van der Waals surface area contributed by atoms with Crippen molar-refractivity contribution in [3.05, 3.63) is 74.8 Å². The van der Waals surface area contributed by atoms with Gasteiger partial charge in [0.05, 0.1) is 11.1 Å². The first kappa shape index (κ1) is 14.9. The number of amides is 1. The van der Waals surface area contributed by atoms with E-state index in [4.69, 9.17) is 0 Å². The van der Waals surface area contributed by atoms with Crippen LogP contribution in [0.3, 0.4) is 0 Å². The zero-order chi connectivity index (χ0) is 16.2. The Hall–Kier alpha value is -3.02. The van der Waals surface area contributed by atoms with Crippen molar-refractivity contribution in [1.29, 1.82) is 0 Å². The molecule has 2 aromatic carbocycles. The predicted octanol–water partition coefficient (Wildman–Crippen LogP) is 2.85. The number of rotatable bonds is 4. The molecule has 6 heteroatoms. The molecule has 1 aliphatic rings. The third-order valence-electron chi connectivity index (χ3n) is 3.84. The molecule has 116 valence electrons. The molecule has 0 heterocycles. The maximum Gasteiger partial charge on any atom is 0.271 e. The molecule has 0 bridgehead atoms. The van der Waals surface area contributed by atoms with Crippen molar-refractivity contribution in [2.24, 2.45) is 5.10 Å². The minimum absolute atomic E-state index is 0.0526. The topological polar surface area (TPSA) is 84.6 Å². The average molecular weight is 309 g/mol. The summed E-state index contributed by atoms with van der Waals surface area (Å²) in [5.41, 5.74) is 6.36. The smallest absolute Gasteiger partial charge is 0.267 e. The summed E-state index contributed by atoms with van der Waals surface area (Å²) >= 11 is 0. The lowest BCUT2D eigenvalue weighted by molar-refractivity contribution is -0.384. The molecule has 6 nitrogen and oxygen atoms in total. The van der Waals surface area contributed by atoms with Crippen LogP contribution in [-0.4, -0.2) is 17.0 Å². The van der Waals surface area contributed by atoms with Crippen LogP contribution in [0, 0.1) is 10.1 Å². The zero-order valence-electron chi connectivity index (χ0n) is 12.4. The van der Waals surface area contributed by atoms with E-state index >= 15 is 0 Å². The molecule has 0 saturated carbocycles. The highest BCUT2D eigenvalue weighted by atomic mass is 16.6. The molecular formula is C17H15N3O3. The first-order valence-electron chi connectivity index (χ1n) is 7.33. The maximum absolute atomic E-state index is 11.9. The number of non-ortho nitro benzene ring substituents is 1. The Bertz CT molecular complexity index is 782.